The van der Waals surface area contributed by atoms with E-state index in [9.17, 15) is 4.79 Å². The van der Waals surface area contributed by atoms with E-state index in [1.54, 1.807) is 0 Å². The number of carbonyl (C=O) groups is 1. The normalized spacial score (nSPS) is 22.4. The van der Waals surface area contributed by atoms with E-state index in [1.165, 1.54) is 32.1 Å². The Balaban J connectivity index is 2.42. The maximum Gasteiger partial charge on any atom is 0.407 e. The molecule has 0 radical (unpaired) electrons. The minimum absolute atomic E-state index is 0.317. The molecule has 1 saturated carbocycles. The molecule has 0 bridgehead atoms. The predicted octanol–water partition coefficient (Wildman–Crippen LogP) is 4.24. The Hall–Kier alpha value is -0.770. The number of hydrogen-bond donors (Lipinski definition) is 2. The first-order valence-electron chi connectivity index (χ1n) is 8.84. The smallest absolute Gasteiger partial charge is 0.407 e. The fourth-order valence-electron chi connectivity index (χ4n) is 3.13. The lowest BCUT2D eigenvalue weighted by molar-refractivity contribution is 0.0520. The molecule has 1 fully saturated rings. The number of nitrogens with one attached hydrogen (secondary N) is 2. The largest absolute Gasteiger partial charge is 0.444 e. The number of ether oxygens (including phenoxy) is 1. The van der Waals surface area contributed by atoms with Crippen LogP contribution in [-0.4, -0.2) is 30.3 Å². The molecule has 2 unspecified atom stereocenters. The molecule has 1 aliphatic rings. The summed E-state index contributed by atoms with van der Waals surface area (Å²) in [6.45, 7) is 13.2. The Labute approximate surface area is 136 Å². The van der Waals surface area contributed by atoms with Gasteiger partial charge >= 0.3 is 6.09 Å². The van der Waals surface area contributed by atoms with Crippen LogP contribution < -0.4 is 10.6 Å². The molecule has 0 aromatic heterocycles. The van der Waals surface area contributed by atoms with Gasteiger partial charge in [-0.25, -0.2) is 4.79 Å². The first-order chi connectivity index (χ1) is 10.1. The van der Waals surface area contributed by atoms with E-state index in [4.69, 9.17) is 4.74 Å². The standard InChI is InChI=1S/C18H36N2O2/c1-7-8-9-15(13-19-16(21)22-17(2,3)4)20-14-10-11-18(5,6)12-14/h14-15,20H,7-13H2,1-6H3,(H,19,21). The van der Waals surface area contributed by atoms with Crippen LogP contribution in [0.25, 0.3) is 0 Å². The molecule has 0 spiro atoms. The van der Waals surface area contributed by atoms with Crippen molar-refractivity contribution in [3.8, 4) is 0 Å². The van der Waals surface area contributed by atoms with Crippen LogP contribution in [0.3, 0.4) is 0 Å². The quantitative estimate of drug-likeness (QED) is 0.739. The van der Waals surface area contributed by atoms with E-state index in [0.717, 1.165) is 6.42 Å². The van der Waals surface area contributed by atoms with E-state index in [0.29, 0.717) is 24.0 Å². The molecule has 4 heteroatoms. The lowest BCUT2D eigenvalue weighted by Gasteiger charge is -2.26. The molecule has 0 saturated heterocycles. The Kier molecular flexibility index (Phi) is 7.17. The first-order valence-corrected chi connectivity index (χ1v) is 8.84. The molecular weight excluding hydrogens is 276 g/mol. The van der Waals surface area contributed by atoms with E-state index < -0.39 is 5.60 Å². The summed E-state index contributed by atoms with van der Waals surface area (Å²) in [6, 6.07) is 0.920. The lowest BCUT2D eigenvalue weighted by atomic mass is 9.91. The van der Waals surface area contributed by atoms with Crippen molar-refractivity contribution < 1.29 is 9.53 Å². The van der Waals surface area contributed by atoms with Crippen molar-refractivity contribution in [2.45, 2.75) is 97.8 Å². The van der Waals surface area contributed by atoms with Crippen LogP contribution in [0.2, 0.25) is 0 Å². The first kappa shape index (κ1) is 19.3. The molecule has 22 heavy (non-hydrogen) atoms. The third kappa shape index (κ3) is 8.02. The number of amides is 1. The second-order valence-corrected chi connectivity index (χ2v) is 8.49. The van der Waals surface area contributed by atoms with Gasteiger partial charge in [0.15, 0.2) is 0 Å². The monoisotopic (exact) mass is 312 g/mol. The molecule has 1 rings (SSSR count). The number of unbranched alkanes of at least 4 members (excludes halogenated alkanes) is 1. The van der Waals surface area contributed by atoms with Gasteiger partial charge in [0.05, 0.1) is 0 Å². The van der Waals surface area contributed by atoms with Crippen LogP contribution in [0.5, 0.6) is 0 Å². The van der Waals surface area contributed by atoms with Gasteiger partial charge < -0.3 is 15.4 Å². The molecule has 0 aromatic rings. The van der Waals surface area contributed by atoms with Crippen molar-refractivity contribution >= 4 is 6.09 Å². The fourth-order valence-corrected chi connectivity index (χ4v) is 3.13. The van der Waals surface area contributed by atoms with Crippen molar-refractivity contribution in [1.82, 2.24) is 10.6 Å². The van der Waals surface area contributed by atoms with Crippen LogP contribution in [0.15, 0.2) is 0 Å². The Morgan fingerprint density at radius 1 is 1.36 bits per heavy atom. The highest BCUT2D eigenvalue weighted by Crippen LogP contribution is 2.37. The average molecular weight is 312 g/mol. The topological polar surface area (TPSA) is 50.4 Å². The fraction of sp³-hybridized carbons (Fsp3) is 0.944. The maximum absolute atomic E-state index is 11.8. The molecule has 130 valence electrons. The van der Waals surface area contributed by atoms with Crippen LogP contribution in [0, 0.1) is 5.41 Å². The van der Waals surface area contributed by atoms with Gasteiger partial charge in [-0.3, -0.25) is 0 Å². The van der Waals surface area contributed by atoms with Crippen molar-refractivity contribution in [2.24, 2.45) is 5.41 Å². The molecule has 1 aliphatic carbocycles. The summed E-state index contributed by atoms with van der Waals surface area (Å²) in [5, 5.41) is 6.67. The highest BCUT2D eigenvalue weighted by molar-refractivity contribution is 5.67. The Bertz CT molecular complexity index is 347. The van der Waals surface area contributed by atoms with Gasteiger partial charge in [0.25, 0.3) is 0 Å². The SMILES string of the molecule is CCCCC(CNC(=O)OC(C)(C)C)NC1CCC(C)(C)C1. The highest BCUT2D eigenvalue weighted by atomic mass is 16.6. The zero-order chi connectivity index (χ0) is 16.8. The summed E-state index contributed by atoms with van der Waals surface area (Å²) < 4.78 is 5.32. The molecule has 1 amide bonds. The minimum atomic E-state index is -0.439. The lowest BCUT2D eigenvalue weighted by Crippen LogP contribution is -2.46. The van der Waals surface area contributed by atoms with E-state index in [1.807, 2.05) is 20.8 Å². The summed E-state index contributed by atoms with van der Waals surface area (Å²) in [4.78, 5) is 11.8. The molecule has 0 aliphatic heterocycles. The van der Waals surface area contributed by atoms with E-state index in [-0.39, 0.29) is 6.09 Å². The summed E-state index contributed by atoms with van der Waals surface area (Å²) in [7, 11) is 0. The summed E-state index contributed by atoms with van der Waals surface area (Å²) in [5.41, 5.74) is 0.0114. The van der Waals surface area contributed by atoms with Gasteiger partial charge in [0, 0.05) is 18.6 Å². The zero-order valence-corrected chi connectivity index (χ0v) is 15.4. The predicted molar refractivity (Wildman–Crippen MR) is 92.1 cm³/mol. The number of alkyl carbamates (subject to hydrolysis) is 1. The van der Waals surface area contributed by atoms with Crippen molar-refractivity contribution in [2.75, 3.05) is 6.54 Å². The second-order valence-electron chi connectivity index (χ2n) is 8.49. The molecule has 4 nitrogen and oxygen atoms in total. The van der Waals surface area contributed by atoms with E-state index in [2.05, 4.69) is 31.4 Å². The van der Waals surface area contributed by atoms with Crippen molar-refractivity contribution in [3.63, 3.8) is 0 Å². The van der Waals surface area contributed by atoms with Gasteiger partial charge in [-0.2, -0.15) is 0 Å². The van der Waals surface area contributed by atoms with Gasteiger partial charge in [-0.1, -0.05) is 33.6 Å². The average Bonchev–Trinajstić information content (AvgIpc) is 2.70. The highest BCUT2D eigenvalue weighted by Gasteiger charge is 2.31. The van der Waals surface area contributed by atoms with Crippen LogP contribution in [0.1, 0.15) is 80.1 Å². The number of rotatable bonds is 7. The number of hydrogen-bond acceptors (Lipinski definition) is 3. The summed E-state index contributed by atoms with van der Waals surface area (Å²) in [5.74, 6) is 0. The van der Waals surface area contributed by atoms with Gasteiger partial charge in [0.1, 0.15) is 5.60 Å². The summed E-state index contributed by atoms with van der Waals surface area (Å²) >= 11 is 0. The Morgan fingerprint density at radius 2 is 2.05 bits per heavy atom. The minimum Gasteiger partial charge on any atom is -0.444 e. The van der Waals surface area contributed by atoms with Crippen LogP contribution >= 0.6 is 0 Å². The summed E-state index contributed by atoms with van der Waals surface area (Å²) in [6.07, 6.45) is 6.89. The molecule has 2 N–H and O–H groups in total. The van der Waals surface area contributed by atoms with Crippen LogP contribution in [-0.2, 0) is 4.74 Å². The van der Waals surface area contributed by atoms with Crippen molar-refractivity contribution in [1.29, 1.82) is 0 Å². The third-order valence-corrected chi connectivity index (χ3v) is 4.24. The third-order valence-electron chi connectivity index (χ3n) is 4.24. The molecule has 2 atom stereocenters. The van der Waals surface area contributed by atoms with Gasteiger partial charge in [0.2, 0.25) is 0 Å². The molecule has 0 heterocycles. The Morgan fingerprint density at radius 3 is 2.55 bits per heavy atom. The van der Waals surface area contributed by atoms with Gasteiger partial charge in [-0.15, -0.1) is 0 Å². The van der Waals surface area contributed by atoms with Crippen LogP contribution in [0.4, 0.5) is 4.79 Å². The van der Waals surface area contributed by atoms with E-state index >= 15 is 0 Å². The van der Waals surface area contributed by atoms with Gasteiger partial charge in [-0.05, 0) is 51.9 Å². The zero-order valence-electron chi connectivity index (χ0n) is 15.4. The number of carbonyl (C=O) groups excluding carboxylic acids is 1. The molecular formula is C18H36N2O2. The van der Waals surface area contributed by atoms with Crippen molar-refractivity contribution in [3.05, 3.63) is 0 Å². The maximum atomic E-state index is 11.8. The second kappa shape index (κ2) is 8.19. The molecule has 0 aromatic carbocycles.